The van der Waals surface area contributed by atoms with Gasteiger partial charge in [-0.3, -0.25) is 4.90 Å². The Morgan fingerprint density at radius 2 is 1.95 bits per heavy atom. The fraction of sp³-hybridized carbons (Fsp3) is 1.00. The zero-order valence-corrected chi connectivity index (χ0v) is 14.1. The maximum atomic E-state index is 9.29. The Morgan fingerprint density at radius 1 is 1.25 bits per heavy atom. The van der Waals surface area contributed by atoms with Gasteiger partial charge in [-0.1, -0.05) is 34.1 Å². The minimum atomic E-state index is 0.330. The van der Waals surface area contributed by atoms with Gasteiger partial charge in [0, 0.05) is 31.8 Å². The van der Waals surface area contributed by atoms with Gasteiger partial charge in [0.05, 0.1) is 0 Å². The second kappa shape index (κ2) is 9.01. The van der Waals surface area contributed by atoms with Crippen molar-refractivity contribution in [2.45, 2.75) is 78.3 Å². The van der Waals surface area contributed by atoms with E-state index < -0.39 is 0 Å². The number of aliphatic hydroxyl groups is 1. The monoisotopic (exact) mass is 284 g/mol. The summed E-state index contributed by atoms with van der Waals surface area (Å²) in [5, 5.41) is 12.9. The Hall–Kier alpha value is -0.120. The van der Waals surface area contributed by atoms with Gasteiger partial charge in [-0.25, -0.2) is 0 Å². The number of nitrogens with one attached hydrogen (secondary N) is 1. The molecule has 0 aromatic heterocycles. The molecule has 0 aromatic carbocycles. The average Bonchev–Trinajstić information content (AvgIpc) is 2.45. The summed E-state index contributed by atoms with van der Waals surface area (Å²) in [5.74, 6) is 0. The second-order valence-electron chi connectivity index (χ2n) is 6.88. The van der Waals surface area contributed by atoms with E-state index in [1.807, 2.05) is 0 Å². The first kappa shape index (κ1) is 17.9. The molecule has 1 atom stereocenters. The molecule has 1 aliphatic heterocycles. The van der Waals surface area contributed by atoms with Gasteiger partial charge in [-0.05, 0) is 44.1 Å². The largest absolute Gasteiger partial charge is 0.396 e. The van der Waals surface area contributed by atoms with Gasteiger partial charge in [0.25, 0.3) is 0 Å². The van der Waals surface area contributed by atoms with Crippen molar-refractivity contribution in [1.29, 1.82) is 0 Å². The molecule has 1 fully saturated rings. The highest BCUT2D eigenvalue weighted by molar-refractivity contribution is 4.87. The van der Waals surface area contributed by atoms with E-state index in [1.54, 1.807) is 0 Å². The molecule has 1 unspecified atom stereocenters. The van der Waals surface area contributed by atoms with Crippen LogP contribution in [0.15, 0.2) is 0 Å². The van der Waals surface area contributed by atoms with Crippen molar-refractivity contribution in [2.24, 2.45) is 5.41 Å². The SMILES string of the molecule is CCC(CC)(CNC(C)C)CN1CCCCC1CCO. The zero-order valence-electron chi connectivity index (χ0n) is 14.1. The summed E-state index contributed by atoms with van der Waals surface area (Å²) >= 11 is 0. The third-order valence-corrected chi connectivity index (χ3v) is 5.14. The number of rotatable bonds is 9. The lowest BCUT2D eigenvalue weighted by Crippen LogP contribution is -2.50. The molecular weight excluding hydrogens is 248 g/mol. The number of piperidine rings is 1. The van der Waals surface area contributed by atoms with Crippen LogP contribution in [0.5, 0.6) is 0 Å². The summed E-state index contributed by atoms with van der Waals surface area (Å²) < 4.78 is 0. The van der Waals surface area contributed by atoms with Gasteiger partial charge in [0.15, 0.2) is 0 Å². The number of hydrogen-bond acceptors (Lipinski definition) is 3. The standard InChI is InChI=1S/C17H36N2O/c1-5-17(6-2,13-18-15(3)4)14-19-11-8-7-9-16(19)10-12-20/h15-16,18,20H,5-14H2,1-4H3. The lowest BCUT2D eigenvalue weighted by atomic mass is 9.80. The Bertz CT molecular complexity index is 249. The molecule has 1 aliphatic rings. The summed E-state index contributed by atoms with van der Waals surface area (Å²) in [6, 6.07) is 1.16. The molecule has 20 heavy (non-hydrogen) atoms. The average molecular weight is 284 g/mol. The van der Waals surface area contributed by atoms with Crippen molar-refractivity contribution in [3.8, 4) is 0 Å². The van der Waals surface area contributed by atoms with Crippen molar-refractivity contribution in [2.75, 3.05) is 26.2 Å². The minimum absolute atomic E-state index is 0.330. The van der Waals surface area contributed by atoms with Crippen LogP contribution in [-0.2, 0) is 0 Å². The maximum absolute atomic E-state index is 9.29. The van der Waals surface area contributed by atoms with Crippen molar-refractivity contribution >= 4 is 0 Å². The molecule has 1 rings (SSSR count). The van der Waals surface area contributed by atoms with Crippen LogP contribution >= 0.6 is 0 Å². The highest BCUT2D eigenvalue weighted by Crippen LogP contribution is 2.31. The van der Waals surface area contributed by atoms with Gasteiger partial charge < -0.3 is 10.4 Å². The van der Waals surface area contributed by atoms with Gasteiger partial charge in [-0.15, -0.1) is 0 Å². The summed E-state index contributed by atoms with van der Waals surface area (Å²) in [6.45, 7) is 13.0. The number of aliphatic hydroxyl groups excluding tert-OH is 1. The molecule has 0 aromatic rings. The summed E-state index contributed by atoms with van der Waals surface area (Å²) in [5.41, 5.74) is 0.384. The minimum Gasteiger partial charge on any atom is -0.396 e. The Morgan fingerprint density at radius 3 is 2.50 bits per heavy atom. The van der Waals surface area contributed by atoms with Gasteiger partial charge in [-0.2, -0.15) is 0 Å². The van der Waals surface area contributed by atoms with Crippen LogP contribution in [0.25, 0.3) is 0 Å². The van der Waals surface area contributed by atoms with E-state index in [9.17, 15) is 5.11 Å². The highest BCUT2D eigenvalue weighted by atomic mass is 16.3. The zero-order chi connectivity index (χ0) is 15.0. The van der Waals surface area contributed by atoms with E-state index in [2.05, 4.69) is 37.9 Å². The van der Waals surface area contributed by atoms with E-state index in [-0.39, 0.29) is 0 Å². The molecule has 0 spiro atoms. The second-order valence-corrected chi connectivity index (χ2v) is 6.88. The quantitative estimate of drug-likeness (QED) is 0.683. The number of nitrogens with zero attached hydrogens (tertiary/aromatic N) is 1. The molecule has 0 radical (unpaired) electrons. The summed E-state index contributed by atoms with van der Waals surface area (Å²) in [7, 11) is 0. The first-order valence-corrected chi connectivity index (χ1v) is 8.65. The van der Waals surface area contributed by atoms with E-state index in [4.69, 9.17) is 0 Å². The molecule has 3 nitrogen and oxygen atoms in total. The van der Waals surface area contributed by atoms with Crippen LogP contribution in [-0.4, -0.2) is 48.3 Å². The third kappa shape index (κ3) is 5.34. The number of likely N-dealkylation sites (tertiary alicyclic amines) is 1. The molecular formula is C17H36N2O. The van der Waals surface area contributed by atoms with Gasteiger partial charge in [0.1, 0.15) is 0 Å². The van der Waals surface area contributed by atoms with E-state index in [1.165, 1.54) is 45.2 Å². The van der Waals surface area contributed by atoms with Crippen molar-refractivity contribution in [1.82, 2.24) is 10.2 Å². The van der Waals surface area contributed by atoms with Crippen LogP contribution in [0.2, 0.25) is 0 Å². The molecule has 0 bridgehead atoms. The molecule has 1 heterocycles. The Kier molecular flexibility index (Phi) is 8.08. The molecule has 1 saturated heterocycles. The Balaban J connectivity index is 2.66. The van der Waals surface area contributed by atoms with Crippen LogP contribution < -0.4 is 5.32 Å². The van der Waals surface area contributed by atoms with Crippen molar-refractivity contribution < 1.29 is 5.11 Å². The lowest BCUT2D eigenvalue weighted by Gasteiger charge is -2.43. The molecule has 0 amide bonds. The Labute approximate surface area is 126 Å². The van der Waals surface area contributed by atoms with Crippen molar-refractivity contribution in [3.63, 3.8) is 0 Å². The predicted octanol–water partition coefficient (Wildman–Crippen LogP) is 3.03. The van der Waals surface area contributed by atoms with E-state index >= 15 is 0 Å². The first-order chi connectivity index (χ1) is 9.56. The van der Waals surface area contributed by atoms with Gasteiger partial charge >= 0.3 is 0 Å². The van der Waals surface area contributed by atoms with Crippen LogP contribution in [0.4, 0.5) is 0 Å². The van der Waals surface area contributed by atoms with Crippen LogP contribution in [0, 0.1) is 5.41 Å². The predicted molar refractivity (Wildman–Crippen MR) is 87.1 cm³/mol. The smallest absolute Gasteiger partial charge is 0.0445 e. The highest BCUT2D eigenvalue weighted by Gasteiger charge is 2.32. The number of hydrogen-bond donors (Lipinski definition) is 2. The normalized spacial score (nSPS) is 21.6. The molecule has 0 aliphatic carbocycles. The van der Waals surface area contributed by atoms with E-state index in [0.717, 1.165) is 13.0 Å². The third-order valence-electron chi connectivity index (χ3n) is 5.14. The molecule has 0 saturated carbocycles. The van der Waals surface area contributed by atoms with Crippen LogP contribution in [0.3, 0.4) is 0 Å². The maximum Gasteiger partial charge on any atom is 0.0445 e. The van der Waals surface area contributed by atoms with Crippen LogP contribution in [0.1, 0.15) is 66.2 Å². The molecule has 120 valence electrons. The first-order valence-electron chi connectivity index (χ1n) is 8.65. The summed E-state index contributed by atoms with van der Waals surface area (Å²) in [4.78, 5) is 2.66. The molecule has 2 N–H and O–H groups in total. The lowest BCUT2D eigenvalue weighted by molar-refractivity contribution is 0.0592. The fourth-order valence-corrected chi connectivity index (χ4v) is 3.38. The van der Waals surface area contributed by atoms with E-state index in [0.29, 0.717) is 24.1 Å². The van der Waals surface area contributed by atoms with Gasteiger partial charge in [0.2, 0.25) is 0 Å². The molecule has 3 heteroatoms. The topological polar surface area (TPSA) is 35.5 Å². The van der Waals surface area contributed by atoms with Crippen molar-refractivity contribution in [3.05, 3.63) is 0 Å². The summed E-state index contributed by atoms with van der Waals surface area (Å²) in [6.07, 6.45) is 7.32. The fourth-order valence-electron chi connectivity index (χ4n) is 3.38.